The van der Waals surface area contributed by atoms with Gasteiger partial charge in [0.2, 0.25) is 0 Å². The van der Waals surface area contributed by atoms with Crippen LogP contribution in [0.1, 0.15) is 12.8 Å². The summed E-state index contributed by atoms with van der Waals surface area (Å²) in [5, 5.41) is 6.55. The van der Waals surface area contributed by atoms with E-state index in [9.17, 15) is 4.79 Å². The van der Waals surface area contributed by atoms with Crippen LogP contribution in [0.15, 0.2) is 24.3 Å². The predicted octanol–water partition coefficient (Wildman–Crippen LogP) is 2.26. The van der Waals surface area contributed by atoms with E-state index >= 15 is 0 Å². The Kier molecular flexibility index (Phi) is 6.17. The Balaban J connectivity index is 1.61. The average Bonchev–Trinajstić information content (AvgIpc) is 2.62. The largest absolute Gasteiger partial charge is 0.379 e. The Labute approximate surface area is 154 Å². The zero-order valence-corrected chi connectivity index (χ0v) is 15.5. The molecule has 2 heterocycles. The van der Waals surface area contributed by atoms with Crippen molar-refractivity contribution in [1.29, 1.82) is 0 Å². The number of hydrogen-bond donors (Lipinski definition) is 2. The van der Waals surface area contributed by atoms with Crippen LogP contribution in [-0.2, 0) is 4.74 Å². The minimum absolute atomic E-state index is 0.0158. The highest BCUT2D eigenvalue weighted by atomic mass is 35.5. The van der Waals surface area contributed by atoms with E-state index in [0.29, 0.717) is 17.3 Å². The first-order chi connectivity index (χ1) is 12.1. The van der Waals surface area contributed by atoms with Crippen molar-refractivity contribution in [2.45, 2.75) is 18.4 Å². The molecule has 1 aromatic carbocycles. The molecular weight excluding hydrogens is 340 g/mol. The van der Waals surface area contributed by atoms with Gasteiger partial charge in [-0.2, -0.15) is 0 Å². The zero-order valence-electron chi connectivity index (χ0n) is 14.8. The first-order valence-corrected chi connectivity index (χ1v) is 9.27. The molecule has 0 saturated carbocycles. The number of halogens is 1. The molecule has 0 aromatic heterocycles. The van der Waals surface area contributed by atoms with Crippen LogP contribution >= 0.6 is 11.6 Å². The maximum atomic E-state index is 12.3. The summed E-state index contributed by atoms with van der Waals surface area (Å²) >= 11 is 5.97. The van der Waals surface area contributed by atoms with E-state index in [1.54, 1.807) is 12.1 Å². The molecule has 7 heteroatoms. The van der Waals surface area contributed by atoms with E-state index in [0.717, 1.165) is 52.2 Å². The molecule has 0 spiro atoms. The molecule has 2 aliphatic heterocycles. The number of anilines is 1. The van der Waals surface area contributed by atoms with Crippen LogP contribution in [0.5, 0.6) is 0 Å². The highest BCUT2D eigenvalue weighted by Crippen LogP contribution is 2.29. The van der Waals surface area contributed by atoms with Crippen molar-refractivity contribution in [2.75, 3.05) is 58.3 Å². The highest BCUT2D eigenvalue weighted by Gasteiger charge is 2.40. The third-order valence-electron chi connectivity index (χ3n) is 5.26. The van der Waals surface area contributed by atoms with Crippen molar-refractivity contribution in [3.63, 3.8) is 0 Å². The number of hydrogen-bond acceptors (Lipinski definition) is 4. The molecule has 138 valence electrons. The molecule has 6 nitrogen and oxygen atoms in total. The number of nitrogens with one attached hydrogen (secondary N) is 2. The number of carbonyl (C=O) groups is 1. The first kappa shape index (κ1) is 18.5. The second kappa shape index (κ2) is 8.36. The molecule has 0 radical (unpaired) electrons. The third kappa shape index (κ3) is 4.85. The number of ether oxygens (including phenoxy) is 1. The summed E-state index contributed by atoms with van der Waals surface area (Å²) in [6.07, 6.45) is 2.11. The molecule has 2 amide bonds. The lowest BCUT2D eigenvalue weighted by molar-refractivity contribution is -0.0434. The summed E-state index contributed by atoms with van der Waals surface area (Å²) in [7, 11) is 2.16. The Hall–Kier alpha value is -1.34. The van der Waals surface area contributed by atoms with Gasteiger partial charge in [0.15, 0.2) is 0 Å². The van der Waals surface area contributed by atoms with E-state index in [2.05, 4.69) is 27.5 Å². The lowest BCUT2D eigenvalue weighted by Gasteiger charge is -2.49. The number of nitrogens with zero attached hydrogens (tertiary/aromatic N) is 2. The van der Waals surface area contributed by atoms with Gasteiger partial charge < -0.3 is 20.3 Å². The third-order valence-corrected chi connectivity index (χ3v) is 5.50. The summed E-state index contributed by atoms with van der Waals surface area (Å²) in [5.74, 6) is 0. The fourth-order valence-electron chi connectivity index (χ4n) is 3.66. The van der Waals surface area contributed by atoms with Gasteiger partial charge in [-0.1, -0.05) is 17.7 Å². The summed E-state index contributed by atoms with van der Waals surface area (Å²) in [6, 6.07) is 7.00. The second-order valence-corrected chi connectivity index (χ2v) is 7.38. The summed E-state index contributed by atoms with van der Waals surface area (Å²) in [6.45, 7) is 6.15. The minimum Gasteiger partial charge on any atom is -0.379 e. The van der Waals surface area contributed by atoms with Gasteiger partial charge >= 0.3 is 6.03 Å². The predicted molar refractivity (Wildman–Crippen MR) is 100 cm³/mol. The van der Waals surface area contributed by atoms with Crippen LogP contribution in [0.4, 0.5) is 10.5 Å². The fourth-order valence-corrected chi connectivity index (χ4v) is 3.85. The van der Waals surface area contributed by atoms with Crippen LogP contribution in [0.3, 0.4) is 0 Å². The Bertz CT molecular complexity index is 584. The number of likely N-dealkylation sites (tertiary alicyclic amines) is 1. The van der Waals surface area contributed by atoms with Gasteiger partial charge in [0, 0.05) is 35.9 Å². The van der Waals surface area contributed by atoms with Gasteiger partial charge in [-0.3, -0.25) is 4.90 Å². The molecule has 2 fully saturated rings. The molecule has 1 aromatic rings. The molecule has 0 atom stereocenters. The summed E-state index contributed by atoms with van der Waals surface area (Å²) in [5.41, 5.74) is 0.718. The standard InChI is InChI=1S/C18H27ClN4O2/c1-22-7-5-18(6-8-22,23-9-11-25-12-10-23)14-20-17(24)21-16-4-2-3-15(19)13-16/h2-4,13H,5-12,14H2,1H3,(H2,20,21,24). The van der Waals surface area contributed by atoms with Crippen molar-refractivity contribution in [3.05, 3.63) is 29.3 Å². The molecule has 2 aliphatic rings. The zero-order chi connectivity index (χ0) is 17.7. The maximum Gasteiger partial charge on any atom is 0.319 e. The number of carbonyl (C=O) groups excluding carboxylic acids is 1. The van der Waals surface area contributed by atoms with Crippen LogP contribution in [0, 0.1) is 0 Å². The Morgan fingerprint density at radius 1 is 1.24 bits per heavy atom. The van der Waals surface area contributed by atoms with Gasteiger partial charge in [0.1, 0.15) is 0 Å². The molecule has 25 heavy (non-hydrogen) atoms. The van der Waals surface area contributed by atoms with Crippen LogP contribution < -0.4 is 10.6 Å². The number of benzene rings is 1. The number of rotatable bonds is 4. The molecule has 3 rings (SSSR count). The highest BCUT2D eigenvalue weighted by molar-refractivity contribution is 6.30. The van der Waals surface area contributed by atoms with E-state index in [4.69, 9.17) is 16.3 Å². The normalized spacial score (nSPS) is 21.7. The quantitative estimate of drug-likeness (QED) is 0.858. The molecule has 0 unspecified atom stereocenters. The summed E-state index contributed by atoms with van der Waals surface area (Å²) < 4.78 is 5.51. The lowest BCUT2D eigenvalue weighted by atomic mass is 9.85. The van der Waals surface area contributed by atoms with E-state index in [1.165, 1.54) is 0 Å². The van der Waals surface area contributed by atoms with E-state index < -0.39 is 0 Å². The topological polar surface area (TPSA) is 56.8 Å². The fraction of sp³-hybridized carbons (Fsp3) is 0.611. The van der Waals surface area contributed by atoms with Crippen molar-refractivity contribution in [1.82, 2.24) is 15.1 Å². The van der Waals surface area contributed by atoms with E-state index in [-0.39, 0.29) is 11.6 Å². The van der Waals surface area contributed by atoms with Crippen molar-refractivity contribution >= 4 is 23.3 Å². The van der Waals surface area contributed by atoms with Gasteiger partial charge in [-0.05, 0) is 51.2 Å². The molecule has 0 aliphatic carbocycles. The van der Waals surface area contributed by atoms with Gasteiger partial charge in [-0.25, -0.2) is 4.79 Å². The second-order valence-electron chi connectivity index (χ2n) is 6.95. The SMILES string of the molecule is CN1CCC(CNC(=O)Nc2cccc(Cl)c2)(N2CCOCC2)CC1. The smallest absolute Gasteiger partial charge is 0.319 e. The van der Waals surface area contributed by atoms with Crippen LogP contribution in [0.25, 0.3) is 0 Å². The monoisotopic (exact) mass is 366 g/mol. The maximum absolute atomic E-state index is 12.3. The van der Waals surface area contributed by atoms with Crippen molar-refractivity contribution in [2.24, 2.45) is 0 Å². The van der Waals surface area contributed by atoms with Gasteiger partial charge in [0.25, 0.3) is 0 Å². The Morgan fingerprint density at radius 3 is 2.64 bits per heavy atom. The minimum atomic E-state index is -0.186. The average molecular weight is 367 g/mol. The van der Waals surface area contributed by atoms with Crippen LogP contribution in [-0.4, -0.2) is 74.4 Å². The van der Waals surface area contributed by atoms with Crippen molar-refractivity contribution in [3.8, 4) is 0 Å². The molecular formula is C18H27ClN4O2. The van der Waals surface area contributed by atoms with Crippen molar-refractivity contribution < 1.29 is 9.53 Å². The summed E-state index contributed by atoms with van der Waals surface area (Å²) in [4.78, 5) is 17.2. The van der Waals surface area contributed by atoms with Gasteiger partial charge in [-0.15, -0.1) is 0 Å². The van der Waals surface area contributed by atoms with Crippen LogP contribution in [0.2, 0.25) is 5.02 Å². The first-order valence-electron chi connectivity index (χ1n) is 8.89. The molecule has 0 bridgehead atoms. The molecule has 2 saturated heterocycles. The number of amides is 2. The Morgan fingerprint density at radius 2 is 1.96 bits per heavy atom. The number of piperidine rings is 1. The van der Waals surface area contributed by atoms with E-state index in [1.807, 2.05) is 12.1 Å². The molecule has 2 N–H and O–H groups in total. The lowest BCUT2D eigenvalue weighted by Crippen LogP contribution is -2.62. The number of morpholine rings is 1. The van der Waals surface area contributed by atoms with Gasteiger partial charge in [0.05, 0.1) is 13.2 Å². The number of urea groups is 1.